The lowest BCUT2D eigenvalue weighted by Gasteiger charge is -2.19. The number of anilines is 3. The summed E-state index contributed by atoms with van der Waals surface area (Å²) in [5.74, 6) is 0. The van der Waals surface area contributed by atoms with E-state index in [4.69, 9.17) is 17.3 Å². The van der Waals surface area contributed by atoms with E-state index in [9.17, 15) is 10.1 Å². The third-order valence-electron chi connectivity index (χ3n) is 3.99. The minimum absolute atomic E-state index is 0.0798. The number of allylic oxidation sites excluding steroid dienone is 1. The zero-order valence-electron chi connectivity index (χ0n) is 12.4. The van der Waals surface area contributed by atoms with Crippen molar-refractivity contribution in [3.8, 4) is 0 Å². The van der Waals surface area contributed by atoms with Crippen LogP contribution in [0.1, 0.15) is 17.5 Å². The standard InChI is InChI=1S/C17H16ClN3O2/c1-10-2-3-12-7-13(5-4-11(12)6-10)20-16-9-15(19)17(21(22)23)8-14(16)18/h4-5,7-9,20H,1-3,6,19H2. The van der Waals surface area contributed by atoms with Gasteiger partial charge in [-0.3, -0.25) is 10.1 Å². The molecule has 0 unspecified atom stereocenters. The summed E-state index contributed by atoms with van der Waals surface area (Å²) in [6, 6.07) is 8.87. The van der Waals surface area contributed by atoms with Crippen molar-refractivity contribution in [1.29, 1.82) is 0 Å². The molecule has 2 aromatic carbocycles. The molecule has 0 spiro atoms. The van der Waals surface area contributed by atoms with Gasteiger partial charge in [0.05, 0.1) is 15.6 Å². The molecule has 0 aliphatic heterocycles. The van der Waals surface area contributed by atoms with Crippen molar-refractivity contribution in [3.05, 3.63) is 68.7 Å². The number of nitrogens with two attached hydrogens (primary N) is 1. The molecule has 23 heavy (non-hydrogen) atoms. The maximum atomic E-state index is 10.9. The predicted octanol–water partition coefficient (Wildman–Crippen LogP) is 4.62. The van der Waals surface area contributed by atoms with E-state index in [1.807, 2.05) is 6.07 Å². The molecule has 3 N–H and O–H groups in total. The summed E-state index contributed by atoms with van der Waals surface area (Å²) in [6.07, 6.45) is 2.89. The lowest BCUT2D eigenvalue weighted by atomic mass is 9.88. The normalized spacial score (nSPS) is 13.5. The second-order valence-electron chi connectivity index (χ2n) is 5.68. The first-order chi connectivity index (χ1) is 10.9. The van der Waals surface area contributed by atoms with E-state index >= 15 is 0 Å². The molecule has 0 fully saturated rings. The number of nitrogens with zero attached hydrogens (tertiary/aromatic N) is 1. The van der Waals surface area contributed by atoms with E-state index in [2.05, 4.69) is 24.0 Å². The van der Waals surface area contributed by atoms with Crippen molar-refractivity contribution < 1.29 is 4.92 Å². The van der Waals surface area contributed by atoms with E-state index < -0.39 is 4.92 Å². The fourth-order valence-electron chi connectivity index (χ4n) is 2.77. The Morgan fingerprint density at radius 1 is 1.22 bits per heavy atom. The zero-order chi connectivity index (χ0) is 16.6. The van der Waals surface area contributed by atoms with Crippen molar-refractivity contribution >= 4 is 34.4 Å². The second-order valence-corrected chi connectivity index (χ2v) is 6.09. The highest BCUT2D eigenvalue weighted by molar-refractivity contribution is 6.33. The molecule has 0 bridgehead atoms. The molecule has 0 radical (unpaired) electrons. The van der Waals surface area contributed by atoms with E-state index in [1.165, 1.54) is 28.8 Å². The monoisotopic (exact) mass is 329 g/mol. The van der Waals surface area contributed by atoms with Gasteiger partial charge >= 0.3 is 0 Å². The Morgan fingerprint density at radius 3 is 2.74 bits per heavy atom. The van der Waals surface area contributed by atoms with Gasteiger partial charge in [-0.2, -0.15) is 0 Å². The maximum Gasteiger partial charge on any atom is 0.293 e. The van der Waals surface area contributed by atoms with Crippen LogP contribution in [0, 0.1) is 10.1 Å². The van der Waals surface area contributed by atoms with Gasteiger partial charge < -0.3 is 11.1 Å². The van der Waals surface area contributed by atoms with E-state index in [-0.39, 0.29) is 16.4 Å². The van der Waals surface area contributed by atoms with Gasteiger partial charge in [0, 0.05) is 11.8 Å². The van der Waals surface area contributed by atoms with Crippen LogP contribution in [0.15, 0.2) is 42.5 Å². The number of benzene rings is 2. The van der Waals surface area contributed by atoms with Crippen molar-refractivity contribution in [1.82, 2.24) is 0 Å². The first-order valence-electron chi connectivity index (χ1n) is 7.23. The number of rotatable bonds is 3. The molecule has 1 aliphatic carbocycles. The second kappa shape index (κ2) is 5.93. The van der Waals surface area contributed by atoms with Crippen LogP contribution in [0.25, 0.3) is 0 Å². The number of halogens is 1. The summed E-state index contributed by atoms with van der Waals surface area (Å²) in [5.41, 5.74) is 10.9. The van der Waals surface area contributed by atoms with Gasteiger partial charge in [-0.05, 0) is 48.6 Å². The van der Waals surface area contributed by atoms with Crippen LogP contribution in [-0.4, -0.2) is 4.92 Å². The molecule has 0 aromatic heterocycles. The third-order valence-corrected chi connectivity index (χ3v) is 4.30. The highest BCUT2D eigenvalue weighted by Gasteiger charge is 2.16. The van der Waals surface area contributed by atoms with Crippen molar-refractivity contribution in [2.24, 2.45) is 0 Å². The molecule has 0 atom stereocenters. The molecule has 6 heteroatoms. The molecule has 5 nitrogen and oxygen atoms in total. The summed E-state index contributed by atoms with van der Waals surface area (Å²) in [6.45, 7) is 4.04. The molecular formula is C17H16ClN3O2. The largest absolute Gasteiger partial charge is 0.393 e. The first-order valence-corrected chi connectivity index (χ1v) is 7.60. The van der Waals surface area contributed by atoms with E-state index in [0.717, 1.165) is 24.9 Å². The molecule has 2 aromatic rings. The van der Waals surface area contributed by atoms with Crippen molar-refractivity contribution in [2.75, 3.05) is 11.1 Å². The number of nitrogen functional groups attached to an aromatic ring is 1. The minimum Gasteiger partial charge on any atom is -0.393 e. The van der Waals surface area contributed by atoms with Crippen LogP contribution in [-0.2, 0) is 12.8 Å². The summed E-state index contributed by atoms with van der Waals surface area (Å²) in [5, 5.41) is 14.3. The van der Waals surface area contributed by atoms with Crippen molar-refractivity contribution in [3.63, 3.8) is 0 Å². The van der Waals surface area contributed by atoms with Crippen LogP contribution >= 0.6 is 11.6 Å². The Balaban J connectivity index is 1.89. The lowest BCUT2D eigenvalue weighted by molar-refractivity contribution is -0.383. The van der Waals surface area contributed by atoms with Crippen molar-refractivity contribution in [2.45, 2.75) is 19.3 Å². The number of nitrogens with one attached hydrogen (secondary N) is 1. The predicted molar refractivity (Wildman–Crippen MR) is 93.4 cm³/mol. The maximum absolute atomic E-state index is 10.9. The average molecular weight is 330 g/mol. The number of hydrogen-bond acceptors (Lipinski definition) is 4. The summed E-state index contributed by atoms with van der Waals surface area (Å²) in [7, 11) is 0. The van der Waals surface area contributed by atoms with E-state index in [1.54, 1.807) is 0 Å². The number of nitro benzene ring substituents is 1. The number of hydrogen-bond donors (Lipinski definition) is 2. The van der Waals surface area contributed by atoms with Crippen LogP contribution < -0.4 is 11.1 Å². The molecule has 1 aliphatic rings. The molecule has 0 heterocycles. The van der Waals surface area contributed by atoms with Gasteiger partial charge in [0.1, 0.15) is 5.69 Å². The van der Waals surface area contributed by atoms with Gasteiger partial charge in [-0.1, -0.05) is 29.8 Å². The molecule has 3 rings (SSSR count). The van der Waals surface area contributed by atoms with Crippen LogP contribution in [0.2, 0.25) is 5.02 Å². The summed E-state index contributed by atoms with van der Waals surface area (Å²) in [4.78, 5) is 10.3. The molecule has 118 valence electrons. The molecule has 0 saturated heterocycles. The average Bonchev–Trinajstić information content (AvgIpc) is 2.50. The smallest absolute Gasteiger partial charge is 0.293 e. The highest BCUT2D eigenvalue weighted by Crippen LogP contribution is 2.35. The summed E-state index contributed by atoms with van der Waals surface area (Å²) < 4.78 is 0. The Labute approximate surface area is 138 Å². The Kier molecular flexibility index (Phi) is 3.96. The quantitative estimate of drug-likeness (QED) is 0.372. The fourth-order valence-corrected chi connectivity index (χ4v) is 2.97. The number of nitro groups is 1. The van der Waals surface area contributed by atoms with Crippen LogP contribution in [0.3, 0.4) is 0 Å². The third kappa shape index (κ3) is 3.14. The van der Waals surface area contributed by atoms with Crippen LogP contribution in [0.4, 0.5) is 22.7 Å². The fraction of sp³-hybridized carbons (Fsp3) is 0.176. The topological polar surface area (TPSA) is 81.2 Å². The Hall–Kier alpha value is -2.53. The Morgan fingerprint density at radius 2 is 2.00 bits per heavy atom. The molecular weight excluding hydrogens is 314 g/mol. The van der Waals surface area contributed by atoms with Gasteiger partial charge in [-0.15, -0.1) is 0 Å². The highest BCUT2D eigenvalue weighted by atomic mass is 35.5. The van der Waals surface area contributed by atoms with Gasteiger partial charge in [0.25, 0.3) is 5.69 Å². The SMILES string of the molecule is C=C1CCc2cc(Nc3cc(N)c([N+](=O)[O-])cc3Cl)ccc2C1. The van der Waals surface area contributed by atoms with Gasteiger partial charge in [-0.25, -0.2) is 0 Å². The number of fused-ring (bicyclic) bond motifs is 1. The summed E-state index contributed by atoms with van der Waals surface area (Å²) >= 11 is 6.12. The van der Waals surface area contributed by atoms with Crippen LogP contribution in [0.5, 0.6) is 0 Å². The van der Waals surface area contributed by atoms with Gasteiger partial charge in [0.2, 0.25) is 0 Å². The van der Waals surface area contributed by atoms with E-state index in [0.29, 0.717) is 5.69 Å². The van der Waals surface area contributed by atoms with Gasteiger partial charge in [0.15, 0.2) is 0 Å². The Bertz CT molecular complexity index is 818. The molecule has 0 amide bonds. The number of aryl methyl sites for hydroxylation is 1. The zero-order valence-corrected chi connectivity index (χ0v) is 13.2. The molecule has 0 saturated carbocycles. The first kappa shape index (κ1) is 15.4. The lowest BCUT2D eigenvalue weighted by Crippen LogP contribution is -2.05. The minimum atomic E-state index is -0.545.